The van der Waals surface area contributed by atoms with Crippen molar-refractivity contribution in [3.8, 4) is 0 Å². The first-order valence-electron chi connectivity index (χ1n) is 7.87. The van der Waals surface area contributed by atoms with Gasteiger partial charge in [-0.2, -0.15) is 5.10 Å². The number of H-pyrrole nitrogens is 1. The maximum Gasteiger partial charge on any atom is 0.280 e. The van der Waals surface area contributed by atoms with Crippen LogP contribution in [0.5, 0.6) is 0 Å². The van der Waals surface area contributed by atoms with Gasteiger partial charge in [-0.25, -0.2) is 0 Å². The van der Waals surface area contributed by atoms with E-state index >= 15 is 0 Å². The van der Waals surface area contributed by atoms with E-state index in [0.717, 1.165) is 34.5 Å². The molecule has 0 aliphatic carbocycles. The molecule has 2 aromatic rings. The van der Waals surface area contributed by atoms with E-state index in [0.29, 0.717) is 18.2 Å². The minimum Gasteiger partial charge on any atom is -0.373 e. The number of nitrogens with zero attached hydrogens (tertiary/aromatic N) is 3. The van der Waals surface area contributed by atoms with Crippen molar-refractivity contribution in [1.82, 2.24) is 10.2 Å². The van der Waals surface area contributed by atoms with Crippen molar-refractivity contribution in [3.63, 3.8) is 0 Å². The zero-order chi connectivity index (χ0) is 16.6. The number of carbonyl (C=O) groups excluding carboxylic acids is 1. The predicted octanol–water partition coefficient (Wildman–Crippen LogP) is 3.47. The summed E-state index contributed by atoms with van der Waals surface area (Å²) in [6.07, 6.45) is 0.802. The maximum atomic E-state index is 13.1. The number of aromatic nitrogens is 2. The van der Waals surface area contributed by atoms with Crippen molar-refractivity contribution < 1.29 is 4.79 Å². The highest BCUT2D eigenvalue weighted by atomic mass is 79.9. The highest BCUT2D eigenvalue weighted by Gasteiger charge is 2.30. The van der Waals surface area contributed by atoms with E-state index < -0.39 is 0 Å². The van der Waals surface area contributed by atoms with Gasteiger partial charge in [0.15, 0.2) is 5.69 Å². The molecule has 1 aliphatic rings. The van der Waals surface area contributed by atoms with Crippen LogP contribution in [0.15, 0.2) is 28.7 Å². The van der Waals surface area contributed by atoms with E-state index in [2.05, 4.69) is 51.1 Å². The third kappa shape index (κ3) is 2.87. The molecular formula is C17H21BrN4O. The van der Waals surface area contributed by atoms with E-state index in [9.17, 15) is 4.79 Å². The molecule has 1 amide bonds. The number of carbonyl (C=O) groups is 1. The molecule has 3 rings (SSSR count). The van der Waals surface area contributed by atoms with E-state index in [1.807, 2.05) is 30.0 Å². The second kappa shape index (κ2) is 6.35. The van der Waals surface area contributed by atoms with Crippen molar-refractivity contribution in [2.45, 2.75) is 20.3 Å². The lowest BCUT2D eigenvalue weighted by Gasteiger charge is -2.24. The summed E-state index contributed by atoms with van der Waals surface area (Å²) in [5, 5.41) is 7.18. The standard InChI is InChI=1S/C17H21BrN4O/c1-4-12-15(18)16(20-19-12)17(23)22-10-11(2)9-21(3)13-7-5-6-8-14(13)22/h5-8,11H,4,9-10H2,1-3H3,(H,19,20). The highest BCUT2D eigenvalue weighted by Crippen LogP contribution is 2.34. The highest BCUT2D eigenvalue weighted by molar-refractivity contribution is 9.10. The summed E-state index contributed by atoms with van der Waals surface area (Å²) in [5.74, 6) is 0.308. The van der Waals surface area contributed by atoms with Crippen LogP contribution in [0.2, 0.25) is 0 Å². The van der Waals surface area contributed by atoms with Crippen LogP contribution in [0.4, 0.5) is 11.4 Å². The number of para-hydroxylation sites is 2. The molecule has 2 heterocycles. The van der Waals surface area contributed by atoms with Gasteiger partial charge in [0.1, 0.15) is 0 Å². The Kier molecular flexibility index (Phi) is 4.43. The first-order chi connectivity index (χ1) is 11.0. The van der Waals surface area contributed by atoms with E-state index in [4.69, 9.17) is 0 Å². The molecule has 1 aromatic carbocycles. The zero-order valence-electron chi connectivity index (χ0n) is 13.6. The van der Waals surface area contributed by atoms with Crippen LogP contribution in [0, 0.1) is 5.92 Å². The molecule has 0 fully saturated rings. The number of hydrogen-bond acceptors (Lipinski definition) is 3. The number of anilines is 2. The fraction of sp³-hybridized carbons (Fsp3) is 0.412. The molecular weight excluding hydrogens is 356 g/mol. The Bertz CT molecular complexity index is 727. The Morgan fingerprint density at radius 1 is 1.35 bits per heavy atom. The Balaban J connectivity index is 2.04. The third-order valence-electron chi connectivity index (χ3n) is 4.24. The molecule has 0 radical (unpaired) electrons. The lowest BCUT2D eigenvalue weighted by Crippen LogP contribution is -2.35. The number of halogens is 1. The lowest BCUT2D eigenvalue weighted by atomic mass is 10.1. The van der Waals surface area contributed by atoms with Crippen LogP contribution in [-0.4, -0.2) is 36.2 Å². The van der Waals surface area contributed by atoms with Gasteiger partial charge in [0.05, 0.1) is 15.8 Å². The minimum absolute atomic E-state index is 0.0672. The molecule has 1 atom stereocenters. The molecule has 0 spiro atoms. The van der Waals surface area contributed by atoms with E-state index in [-0.39, 0.29) is 5.91 Å². The van der Waals surface area contributed by atoms with Crippen molar-refractivity contribution in [1.29, 1.82) is 0 Å². The average molecular weight is 377 g/mol. The second-order valence-corrected chi connectivity index (χ2v) is 6.90. The van der Waals surface area contributed by atoms with E-state index in [1.165, 1.54) is 0 Å². The molecule has 6 heteroatoms. The average Bonchev–Trinajstić information content (AvgIpc) is 2.86. The minimum atomic E-state index is -0.0672. The summed E-state index contributed by atoms with van der Waals surface area (Å²) < 4.78 is 0.771. The monoisotopic (exact) mass is 376 g/mol. The van der Waals surface area contributed by atoms with Crippen LogP contribution in [0.1, 0.15) is 30.0 Å². The first kappa shape index (κ1) is 16.1. The third-order valence-corrected chi connectivity index (χ3v) is 5.09. The zero-order valence-corrected chi connectivity index (χ0v) is 15.2. The molecule has 1 unspecified atom stereocenters. The molecule has 5 nitrogen and oxygen atoms in total. The number of nitrogens with one attached hydrogen (secondary N) is 1. The topological polar surface area (TPSA) is 52.2 Å². The van der Waals surface area contributed by atoms with Crippen molar-refractivity contribution >= 4 is 33.2 Å². The maximum absolute atomic E-state index is 13.1. The predicted molar refractivity (Wildman–Crippen MR) is 96.2 cm³/mol. The Morgan fingerprint density at radius 2 is 2.04 bits per heavy atom. The second-order valence-electron chi connectivity index (χ2n) is 6.11. The van der Waals surface area contributed by atoms with Crippen LogP contribution in [0.25, 0.3) is 0 Å². The summed E-state index contributed by atoms with van der Waals surface area (Å²) in [6.45, 7) is 5.80. The Labute approximate surface area is 144 Å². The summed E-state index contributed by atoms with van der Waals surface area (Å²) in [5.41, 5.74) is 3.42. The van der Waals surface area contributed by atoms with Crippen LogP contribution >= 0.6 is 15.9 Å². The molecule has 122 valence electrons. The first-order valence-corrected chi connectivity index (χ1v) is 8.67. The molecule has 1 aliphatic heterocycles. The summed E-state index contributed by atoms with van der Waals surface area (Å²) in [4.78, 5) is 17.2. The van der Waals surface area contributed by atoms with Gasteiger partial charge in [0, 0.05) is 25.8 Å². The number of amides is 1. The molecule has 0 saturated heterocycles. The summed E-state index contributed by atoms with van der Waals surface area (Å²) in [6, 6.07) is 8.04. The van der Waals surface area contributed by atoms with Crippen molar-refractivity contribution in [2.24, 2.45) is 5.92 Å². The van der Waals surface area contributed by atoms with Crippen LogP contribution in [-0.2, 0) is 6.42 Å². The molecule has 0 bridgehead atoms. The molecule has 0 saturated carbocycles. The van der Waals surface area contributed by atoms with E-state index in [1.54, 1.807) is 0 Å². The van der Waals surface area contributed by atoms with Gasteiger partial charge in [-0.05, 0) is 40.4 Å². The summed E-state index contributed by atoms with van der Waals surface area (Å²) in [7, 11) is 2.07. The largest absolute Gasteiger partial charge is 0.373 e. The molecule has 1 aromatic heterocycles. The van der Waals surface area contributed by atoms with Crippen LogP contribution in [0.3, 0.4) is 0 Å². The number of hydrogen-bond donors (Lipinski definition) is 1. The van der Waals surface area contributed by atoms with Gasteiger partial charge in [-0.3, -0.25) is 9.89 Å². The Morgan fingerprint density at radius 3 is 2.70 bits per heavy atom. The molecule has 23 heavy (non-hydrogen) atoms. The number of rotatable bonds is 2. The summed E-state index contributed by atoms with van der Waals surface area (Å²) >= 11 is 3.51. The Hall–Kier alpha value is -1.82. The van der Waals surface area contributed by atoms with Gasteiger partial charge in [-0.15, -0.1) is 0 Å². The number of fused-ring (bicyclic) bond motifs is 1. The number of aromatic amines is 1. The van der Waals surface area contributed by atoms with Gasteiger partial charge in [0.25, 0.3) is 5.91 Å². The SMILES string of the molecule is CCc1[nH]nc(C(=O)N2CC(C)CN(C)c3ccccc32)c1Br. The normalized spacial score (nSPS) is 17.8. The smallest absolute Gasteiger partial charge is 0.280 e. The fourth-order valence-corrected chi connectivity index (χ4v) is 3.74. The lowest BCUT2D eigenvalue weighted by molar-refractivity contribution is 0.0978. The van der Waals surface area contributed by atoms with Crippen LogP contribution < -0.4 is 9.80 Å². The number of benzene rings is 1. The van der Waals surface area contributed by atoms with Crippen molar-refractivity contribution in [2.75, 3.05) is 29.9 Å². The van der Waals surface area contributed by atoms with Crippen molar-refractivity contribution in [3.05, 3.63) is 40.1 Å². The number of aryl methyl sites for hydroxylation is 1. The van der Waals surface area contributed by atoms with Gasteiger partial charge >= 0.3 is 0 Å². The van der Waals surface area contributed by atoms with Gasteiger partial charge in [0.2, 0.25) is 0 Å². The fourth-order valence-electron chi connectivity index (χ4n) is 3.11. The van der Waals surface area contributed by atoms with Gasteiger partial charge < -0.3 is 9.80 Å². The quantitative estimate of drug-likeness (QED) is 0.872. The van der Waals surface area contributed by atoms with Gasteiger partial charge in [-0.1, -0.05) is 26.0 Å². The molecule has 1 N–H and O–H groups in total.